The third-order valence-electron chi connectivity index (χ3n) is 8.16. The Balaban J connectivity index is 1.43. The van der Waals surface area contributed by atoms with E-state index in [9.17, 15) is 23.1 Å². The Kier molecular flexibility index (Phi) is 6.80. The molecule has 2 fully saturated rings. The Morgan fingerprint density at radius 2 is 1.95 bits per heavy atom. The van der Waals surface area contributed by atoms with Crippen LogP contribution in [0.5, 0.6) is 0 Å². The summed E-state index contributed by atoms with van der Waals surface area (Å²) in [5.74, 6) is -0.247. The lowest BCUT2D eigenvalue weighted by Gasteiger charge is -2.46. The molecule has 0 atom stereocenters. The third-order valence-corrected chi connectivity index (χ3v) is 8.16. The average molecular weight is 544 g/mol. The first-order chi connectivity index (χ1) is 18.4. The minimum Gasteiger partial charge on any atom is -0.387 e. The van der Waals surface area contributed by atoms with Gasteiger partial charge < -0.3 is 19.6 Å². The topological polar surface area (TPSA) is 104 Å². The van der Waals surface area contributed by atoms with Crippen molar-refractivity contribution in [2.75, 3.05) is 38.3 Å². The van der Waals surface area contributed by atoms with Gasteiger partial charge in [0, 0.05) is 49.8 Å². The molecule has 8 nitrogen and oxygen atoms in total. The largest absolute Gasteiger partial charge is 0.416 e. The molecule has 2 saturated heterocycles. The maximum absolute atomic E-state index is 14.1. The SMILES string of the molecule is CCC1(O)CN(Cc2cc3c(c(C(F)(F)F)c2)CN(c2cccc(C4(CC(=N)N(C)C=N)COC4)c2)C3=O)C1. The van der Waals surface area contributed by atoms with Crippen molar-refractivity contribution in [3.63, 3.8) is 0 Å². The van der Waals surface area contributed by atoms with Crippen LogP contribution >= 0.6 is 0 Å². The molecule has 0 aromatic heterocycles. The van der Waals surface area contributed by atoms with Crippen LogP contribution in [0.15, 0.2) is 36.4 Å². The molecule has 0 spiro atoms. The summed E-state index contributed by atoms with van der Waals surface area (Å²) in [5.41, 5.74) is -0.408. The maximum atomic E-state index is 14.1. The van der Waals surface area contributed by atoms with Crippen molar-refractivity contribution >= 4 is 23.8 Å². The van der Waals surface area contributed by atoms with Gasteiger partial charge in [-0.1, -0.05) is 19.1 Å². The highest BCUT2D eigenvalue weighted by molar-refractivity contribution is 6.10. The number of nitrogens with zero attached hydrogens (tertiary/aromatic N) is 3. The quantitative estimate of drug-likeness (QED) is 0.345. The van der Waals surface area contributed by atoms with Crippen LogP contribution in [0.25, 0.3) is 0 Å². The zero-order valence-corrected chi connectivity index (χ0v) is 21.9. The second-order valence-electron chi connectivity index (χ2n) is 11.0. The van der Waals surface area contributed by atoms with Crippen LogP contribution in [0.1, 0.15) is 52.4 Å². The summed E-state index contributed by atoms with van der Waals surface area (Å²) in [6, 6.07) is 9.82. The summed E-state index contributed by atoms with van der Waals surface area (Å²) in [5, 5.41) is 26.0. The van der Waals surface area contributed by atoms with Gasteiger partial charge in [-0.25, -0.2) is 0 Å². The van der Waals surface area contributed by atoms with Crippen LogP contribution < -0.4 is 4.90 Å². The molecule has 208 valence electrons. The molecule has 2 aromatic rings. The number of rotatable bonds is 8. The van der Waals surface area contributed by atoms with E-state index in [0.29, 0.717) is 50.4 Å². The molecule has 3 aliphatic rings. The number of ether oxygens (including phenoxy) is 1. The molecule has 0 bridgehead atoms. The van der Waals surface area contributed by atoms with Crippen LogP contribution in [0.4, 0.5) is 18.9 Å². The number of halogens is 3. The summed E-state index contributed by atoms with van der Waals surface area (Å²) in [6.07, 6.45) is -2.67. The van der Waals surface area contributed by atoms with Gasteiger partial charge in [0.1, 0.15) is 5.84 Å². The number of hydrogen-bond acceptors (Lipinski definition) is 6. The van der Waals surface area contributed by atoms with Gasteiger partial charge in [-0.15, -0.1) is 0 Å². The average Bonchev–Trinajstić information content (AvgIpc) is 3.19. The van der Waals surface area contributed by atoms with Crippen LogP contribution in [0.2, 0.25) is 0 Å². The van der Waals surface area contributed by atoms with E-state index < -0.39 is 28.7 Å². The first-order valence-corrected chi connectivity index (χ1v) is 12.9. The molecular formula is C28H32F3N5O3. The maximum Gasteiger partial charge on any atom is 0.416 e. The molecule has 5 rings (SSSR count). The van der Waals surface area contributed by atoms with Gasteiger partial charge in [0.2, 0.25) is 0 Å². The fourth-order valence-corrected chi connectivity index (χ4v) is 5.65. The van der Waals surface area contributed by atoms with Gasteiger partial charge >= 0.3 is 6.18 Å². The summed E-state index contributed by atoms with van der Waals surface area (Å²) in [4.78, 5) is 18.2. The molecule has 0 saturated carbocycles. The number of hydrogen-bond donors (Lipinski definition) is 3. The third kappa shape index (κ3) is 4.94. The second-order valence-corrected chi connectivity index (χ2v) is 11.0. The number of carbonyl (C=O) groups is 1. The Morgan fingerprint density at radius 3 is 2.54 bits per heavy atom. The molecule has 3 N–H and O–H groups in total. The lowest BCUT2D eigenvalue weighted by molar-refractivity contribution is -0.138. The Morgan fingerprint density at radius 1 is 1.23 bits per heavy atom. The Hall–Kier alpha value is -3.28. The van der Waals surface area contributed by atoms with Crippen molar-refractivity contribution in [2.24, 2.45) is 0 Å². The number of benzene rings is 2. The first kappa shape index (κ1) is 27.3. The highest BCUT2D eigenvalue weighted by atomic mass is 19.4. The van der Waals surface area contributed by atoms with Crippen molar-refractivity contribution in [1.29, 1.82) is 10.8 Å². The fourth-order valence-electron chi connectivity index (χ4n) is 5.65. The summed E-state index contributed by atoms with van der Waals surface area (Å²) in [7, 11) is 1.62. The number of nitrogens with one attached hydrogen (secondary N) is 2. The predicted octanol–water partition coefficient (Wildman–Crippen LogP) is 4.00. The van der Waals surface area contributed by atoms with Crippen LogP contribution in [-0.2, 0) is 29.4 Å². The summed E-state index contributed by atoms with van der Waals surface area (Å²) >= 11 is 0. The van der Waals surface area contributed by atoms with E-state index in [-0.39, 0.29) is 30.1 Å². The van der Waals surface area contributed by atoms with Gasteiger partial charge in [0.25, 0.3) is 5.91 Å². The molecular weight excluding hydrogens is 511 g/mol. The highest BCUT2D eigenvalue weighted by Crippen LogP contribution is 2.42. The van der Waals surface area contributed by atoms with Crippen LogP contribution in [-0.4, -0.2) is 71.9 Å². The number of amidine groups is 1. The van der Waals surface area contributed by atoms with Crippen molar-refractivity contribution in [3.05, 3.63) is 64.2 Å². The van der Waals surface area contributed by atoms with Gasteiger partial charge in [-0.2, -0.15) is 13.2 Å². The lowest BCUT2D eigenvalue weighted by atomic mass is 9.75. The monoisotopic (exact) mass is 543 g/mol. The number of alkyl halides is 3. The molecule has 39 heavy (non-hydrogen) atoms. The normalized spacial score (nSPS) is 19.7. The number of likely N-dealkylation sites (tertiary alicyclic amines) is 1. The Labute approximate surface area is 225 Å². The second kappa shape index (κ2) is 9.72. The van der Waals surface area contributed by atoms with Crippen LogP contribution in [0.3, 0.4) is 0 Å². The molecule has 0 radical (unpaired) electrons. The molecule has 0 unspecified atom stereocenters. The zero-order valence-electron chi connectivity index (χ0n) is 21.9. The smallest absolute Gasteiger partial charge is 0.387 e. The highest BCUT2D eigenvalue weighted by Gasteiger charge is 2.44. The Bertz CT molecular complexity index is 1320. The van der Waals surface area contributed by atoms with Gasteiger partial charge in [0.15, 0.2) is 0 Å². The molecule has 3 heterocycles. The zero-order chi connectivity index (χ0) is 28.2. The minimum absolute atomic E-state index is 0.0357. The number of amides is 1. The molecule has 1 amide bonds. The van der Waals surface area contributed by atoms with Gasteiger partial charge in [0.05, 0.1) is 37.3 Å². The predicted molar refractivity (Wildman–Crippen MR) is 140 cm³/mol. The van der Waals surface area contributed by atoms with E-state index in [1.165, 1.54) is 9.80 Å². The van der Waals surface area contributed by atoms with Crippen LogP contribution in [0, 0.1) is 10.8 Å². The number of β-amino-alcohol motifs (C(OH)–C–C–N with tert-alkyl or cyclic N) is 1. The minimum atomic E-state index is -4.62. The molecule has 0 aliphatic carbocycles. The van der Waals surface area contributed by atoms with E-state index >= 15 is 0 Å². The number of fused-ring (bicyclic) bond motifs is 1. The standard InChI is InChI=1S/C28H32F3N5O3/c1-3-27(38)13-35(14-27)11-18-7-21-22(23(8-18)28(29,30)31)12-36(25(21)37)20-6-4-5-19(9-20)26(15-39-16-26)10-24(33)34(2)17-32/h4-9,17,32-33,38H,3,10-16H2,1-2H3. The lowest BCUT2D eigenvalue weighted by Crippen LogP contribution is -2.60. The summed E-state index contributed by atoms with van der Waals surface area (Å²) < 4.78 is 47.9. The van der Waals surface area contributed by atoms with E-state index in [4.69, 9.17) is 15.6 Å². The molecule has 2 aromatic carbocycles. The number of carbonyl (C=O) groups excluding carboxylic acids is 1. The fraction of sp³-hybridized carbons (Fsp3) is 0.464. The number of anilines is 1. The van der Waals surface area contributed by atoms with Crippen molar-refractivity contribution in [1.82, 2.24) is 9.80 Å². The van der Waals surface area contributed by atoms with E-state index in [2.05, 4.69) is 0 Å². The molecule has 11 heteroatoms. The van der Waals surface area contributed by atoms with Crippen molar-refractivity contribution in [3.8, 4) is 0 Å². The molecule has 3 aliphatic heterocycles. The number of aliphatic hydroxyl groups is 1. The summed E-state index contributed by atoms with van der Waals surface area (Å²) in [6.45, 7) is 3.40. The van der Waals surface area contributed by atoms with Crippen molar-refractivity contribution < 1.29 is 27.8 Å². The first-order valence-electron chi connectivity index (χ1n) is 12.9. The van der Waals surface area contributed by atoms with Gasteiger partial charge in [-0.3, -0.25) is 20.5 Å². The van der Waals surface area contributed by atoms with Gasteiger partial charge in [-0.05, 0) is 47.4 Å². The van der Waals surface area contributed by atoms with Crippen molar-refractivity contribution in [2.45, 2.75) is 50.0 Å². The van der Waals surface area contributed by atoms with E-state index in [0.717, 1.165) is 18.0 Å². The van der Waals surface area contributed by atoms with E-state index in [1.807, 2.05) is 17.9 Å². The van der Waals surface area contributed by atoms with E-state index in [1.54, 1.807) is 31.3 Å².